The molecule has 2 N–H and O–H groups in total. The highest BCUT2D eigenvalue weighted by atomic mass is 19.2. The van der Waals surface area contributed by atoms with Gasteiger partial charge in [-0.15, -0.1) is 0 Å². The molecule has 3 aromatic rings. The molecule has 34 heavy (non-hydrogen) atoms. The van der Waals surface area contributed by atoms with Crippen LogP contribution in [0.4, 0.5) is 8.78 Å². The minimum absolute atomic E-state index is 0.0836. The number of rotatable bonds is 2. The van der Waals surface area contributed by atoms with Crippen LogP contribution >= 0.6 is 0 Å². The highest BCUT2D eigenvalue weighted by Crippen LogP contribution is 2.51. The molecule has 1 spiro atoms. The van der Waals surface area contributed by atoms with Gasteiger partial charge in [0.1, 0.15) is 23.7 Å². The molecule has 0 fully saturated rings. The molecule has 1 unspecified atom stereocenters. The average molecular weight is 458 g/mol. The number of hydrogen-bond acceptors (Lipinski definition) is 6. The van der Waals surface area contributed by atoms with Crippen LogP contribution in [0.2, 0.25) is 0 Å². The van der Waals surface area contributed by atoms with E-state index in [4.69, 9.17) is 20.2 Å². The minimum atomic E-state index is -0.937. The van der Waals surface area contributed by atoms with Crippen molar-refractivity contribution >= 4 is 5.84 Å². The monoisotopic (exact) mass is 458 g/mol. The first-order valence-electron chi connectivity index (χ1n) is 10.9. The normalized spacial score (nSPS) is 23.2. The van der Waals surface area contributed by atoms with Crippen LogP contribution in [-0.4, -0.2) is 29.0 Å². The van der Waals surface area contributed by atoms with Gasteiger partial charge in [0.25, 0.3) is 0 Å². The Hall–Kier alpha value is -3.91. The van der Waals surface area contributed by atoms with Crippen LogP contribution in [0.5, 0.6) is 5.75 Å². The summed E-state index contributed by atoms with van der Waals surface area (Å²) in [5.74, 6) is -0.170. The first-order chi connectivity index (χ1) is 16.5. The Labute approximate surface area is 194 Å². The zero-order valence-corrected chi connectivity index (χ0v) is 18.0. The number of nitrogens with zero attached hydrogens (tertiary/aromatic N) is 3. The fourth-order valence-corrected chi connectivity index (χ4v) is 4.83. The number of ether oxygens (including phenoxy) is 2. The third-order valence-electron chi connectivity index (χ3n) is 6.46. The lowest BCUT2D eigenvalue weighted by molar-refractivity contribution is 0.104. The van der Waals surface area contributed by atoms with Crippen LogP contribution < -0.4 is 10.5 Å². The molecule has 2 aliphatic heterocycles. The van der Waals surface area contributed by atoms with Crippen LogP contribution in [0, 0.1) is 11.6 Å². The second kappa shape index (κ2) is 7.85. The van der Waals surface area contributed by atoms with Crippen LogP contribution in [-0.2, 0) is 10.3 Å². The van der Waals surface area contributed by atoms with Crippen molar-refractivity contribution < 1.29 is 18.3 Å². The van der Waals surface area contributed by atoms with Gasteiger partial charge in [-0.2, -0.15) is 0 Å². The van der Waals surface area contributed by atoms with Crippen molar-refractivity contribution in [2.45, 2.75) is 17.9 Å². The smallest absolute Gasteiger partial charge is 0.159 e. The molecule has 0 saturated heterocycles. The van der Waals surface area contributed by atoms with Crippen LogP contribution in [0.1, 0.15) is 23.5 Å². The molecule has 3 aliphatic rings. The molecule has 1 aromatic carbocycles. The Morgan fingerprint density at radius 2 is 2.00 bits per heavy atom. The van der Waals surface area contributed by atoms with E-state index in [-0.39, 0.29) is 19.1 Å². The number of benzene rings is 1. The number of allylic oxidation sites excluding steroid dienone is 2. The van der Waals surface area contributed by atoms with Crippen molar-refractivity contribution in [3.8, 4) is 17.0 Å². The predicted octanol–water partition coefficient (Wildman–Crippen LogP) is 4.39. The van der Waals surface area contributed by atoms with E-state index in [1.807, 2.05) is 24.4 Å². The van der Waals surface area contributed by atoms with Gasteiger partial charge in [-0.25, -0.2) is 8.78 Å². The summed E-state index contributed by atoms with van der Waals surface area (Å²) in [5.41, 5.74) is 8.94. The largest absolute Gasteiger partial charge is 0.455 e. The van der Waals surface area contributed by atoms with E-state index >= 15 is 0 Å². The summed E-state index contributed by atoms with van der Waals surface area (Å²) in [5, 5.41) is 0. The second-order valence-electron chi connectivity index (χ2n) is 8.55. The second-order valence-corrected chi connectivity index (χ2v) is 8.55. The van der Waals surface area contributed by atoms with E-state index in [1.54, 1.807) is 18.5 Å². The highest BCUT2D eigenvalue weighted by Gasteiger charge is 2.47. The minimum Gasteiger partial charge on any atom is -0.455 e. The molecular weight excluding hydrogens is 438 g/mol. The lowest BCUT2D eigenvalue weighted by atomic mass is 9.73. The van der Waals surface area contributed by atoms with Crippen molar-refractivity contribution in [3.05, 3.63) is 101 Å². The summed E-state index contributed by atoms with van der Waals surface area (Å²) in [6.07, 6.45) is 9.86. The predicted molar refractivity (Wildman–Crippen MR) is 122 cm³/mol. The molecule has 170 valence electrons. The molecule has 0 amide bonds. The Morgan fingerprint density at radius 3 is 2.79 bits per heavy atom. The quantitative estimate of drug-likeness (QED) is 0.616. The number of hydrogen-bond donors (Lipinski definition) is 1. The van der Waals surface area contributed by atoms with Crippen LogP contribution in [0.25, 0.3) is 11.3 Å². The van der Waals surface area contributed by atoms with Crippen molar-refractivity contribution in [1.82, 2.24) is 9.97 Å². The highest BCUT2D eigenvalue weighted by molar-refractivity contribution is 5.83. The Bertz CT molecular complexity index is 1390. The zero-order chi connectivity index (χ0) is 23.3. The van der Waals surface area contributed by atoms with Crippen molar-refractivity contribution in [3.63, 3.8) is 0 Å². The molecule has 0 saturated carbocycles. The maximum atomic E-state index is 13.9. The van der Waals surface area contributed by atoms with Gasteiger partial charge in [0.05, 0.1) is 18.5 Å². The molecule has 0 radical (unpaired) electrons. The molecule has 2 aromatic heterocycles. The molecule has 6 nitrogen and oxygen atoms in total. The van der Waals surface area contributed by atoms with Gasteiger partial charge in [0, 0.05) is 35.0 Å². The fourth-order valence-electron chi connectivity index (χ4n) is 4.83. The van der Waals surface area contributed by atoms with Crippen LogP contribution in [0.3, 0.4) is 0 Å². The fraction of sp³-hybridized carbons (Fsp3) is 0.192. The zero-order valence-electron chi connectivity index (χ0n) is 18.0. The molecule has 4 heterocycles. The van der Waals surface area contributed by atoms with Gasteiger partial charge in [0.15, 0.2) is 17.4 Å². The number of pyridine rings is 2. The summed E-state index contributed by atoms with van der Waals surface area (Å²) in [6, 6.07) is 9.46. The Kier molecular flexibility index (Phi) is 4.77. The molecule has 0 bridgehead atoms. The van der Waals surface area contributed by atoms with Crippen molar-refractivity contribution in [1.29, 1.82) is 0 Å². The van der Waals surface area contributed by atoms with E-state index in [1.165, 1.54) is 6.07 Å². The van der Waals surface area contributed by atoms with Gasteiger partial charge in [0.2, 0.25) is 0 Å². The molecular formula is C26H20F2N4O2. The van der Waals surface area contributed by atoms with Gasteiger partial charge in [-0.1, -0.05) is 12.1 Å². The standard InChI is InChI=1S/C26H20F2N4O2/c27-20-5-3-16(9-21(20)28)22-10-19-24(12-31-22)34-23-6-4-15(17-2-1-7-30-11-17)8-18(23)26(19)14-33-13-25(29)32-26/h1-7,9-12,15H,8,13-14H2,(H2,29,32)/t15?,26-/m0/s1. The van der Waals surface area contributed by atoms with Crippen molar-refractivity contribution in [2.24, 2.45) is 10.7 Å². The topological polar surface area (TPSA) is 82.6 Å². The van der Waals surface area contributed by atoms with Gasteiger partial charge in [-0.3, -0.25) is 15.0 Å². The Morgan fingerprint density at radius 1 is 1.09 bits per heavy atom. The van der Waals surface area contributed by atoms with Crippen LogP contribution in [0.15, 0.2) is 83.5 Å². The molecule has 2 atom stereocenters. The average Bonchev–Trinajstić information content (AvgIpc) is 2.86. The van der Waals surface area contributed by atoms with Gasteiger partial charge < -0.3 is 15.2 Å². The third-order valence-corrected chi connectivity index (χ3v) is 6.46. The first-order valence-corrected chi connectivity index (χ1v) is 10.9. The summed E-state index contributed by atoms with van der Waals surface area (Å²) < 4.78 is 39.5. The van der Waals surface area contributed by atoms with E-state index < -0.39 is 17.2 Å². The third kappa shape index (κ3) is 3.30. The molecule has 6 rings (SSSR count). The lowest BCUT2D eigenvalue weighted by Crippen LogP contribution is -2.44. The van der Waals surface area contributed by atoms with E-state index in [2.05, 4.69) is 16.0 Å². The number of nitrogens with two attached hydrogens (primary N) is 1. The number of amidine groups is 1. The van der Waals surface area contributed by atoms with Gasteiger partial charge in [-0.05, 0) is 48.4 Å². The SMILES string of the molecule is NC1=N[C@@]2(COC1)C1=C(C=CC(c3cccnc3)C1)Oc1cnc(-c3ccc(F)c(F)c3)cc12. The Balaban J connectivity index is 1.49. The summed E-state index contributed by atoms with van der Waals surface area (Å²) in [4.78, 5) is 13.6. The summed E-state index contributed by atoms with van der Waals surface area (Å²) in [7, 11) is 0. The van der Waals surface area contributed by atoms with Gasteiger partial charge >= 0.3 is 0 Å². The first kappa shape index (κ1) is 20.7. The van der Waals surface area contributed by atoms with Crippen molar-refractivity contribution in [2.75, 3.05) is 13.2 Å². The van der Waals surface area contributed by atoms with E-state index in [0.29, 0.717) is 35.0 Å². The number of aliphatic imine (C=N–C) groups is 1. The summed E-state index contributed by atoms with van der Waals surface area (Å²) >= 11 is 0. The molecule has 8 heteroatoms. The number of halogens is 2. The maximum absolute atomic E-state index is 13.9. The number of aromatic nitrogens is 2. The van der Waals surface area contributed by atoms with E-state index in [0.717, 1.165) is 28.8 Å². The van der Waals surface area contributed by atoms with E-state index in [9.17, 15) is 8.78 Å². The summed E-state index contributed by atoms with van der Waals surface area (Å²) in [6.45, 7) is 0.515. The lowest BCUT2D eigenvalue weighted by Gasteiger charge is -2.42. The maximum Gasteiger partial charge on any atom is 0.159 e. The molecule has 1 aliphatic carbocycles. The number of fused-ring (bicyclic) bond motifs is 3.